The van der Waals surface area contributed by atoms with Gasteiger partial charge in [-0.15, -0.1) is 47.4 Å². The highest BCUT2D eigenvalue weighted by atomic mass is 35.5. The van der Waals surface area contributed by atoms with E-state index in [0.717, 1.165) is 34.4 Å². The number of hydrogen-bond acceptors (Lipinski definition) is 18. The minimum atomic E-state index is -0.633. The van der Waals surface area contributed by atoms with Gasteiger partial charge in [-0.3, -0.25) is 24.6 Å². The van der Waals surface area contributed by atoms with Crippen LogP contribution < -0.4 is 40.2 Å². The van der Waals surface area contributed by atoms with Gasteiger partial charge in [0.25, 0.3) is 11.8 Å². The molecule has 0 amide bonds. The molecule has 3 aromatic carbocycles. The fourth-order valence-electron chi connectivity index (χ4n) is 5.41. The topological polar surface area (TPSA) is 289 Å². The largest absolute Gasteiger partial charge is 0.491 e. The average molecular weight is 1180 g/mol. The summed E-state index contributed by atoms with van der Waals surface area (Å²) in [5.41, 5.74) is 6.93. The SMILES string of the molecule is C=CCC.CC.COc1cc(-c2ccc(C)cc2)n[nH]c1=O.COc1cc(-c2ccc(C)cc2)nnc1OC.COc1cc(Cl)nnc1OC.Cc1ccc(-c2cc(=O)c(=O)[nH][nH]2)cc1.Cc1nn[nH]n1.Clc1cc(Cl)c(Cl)nn1. The van der Waals surface area contributed by atoms with E-state index in [4.69, 9.17) is 70.1 Å². The van der Waals surface area contributed by atoms with Crippen molar-refractivity contribution in [3.63, 3.8) is 0 Å². The molecule has 9 aromatic rings. The maximum Gasteiger partial charge on any atom is 0.310 e. The number of aryl methyl sites for hydroxylation is 4. The van der Waals surface area contributed by atoms with Crippen LogP contribution in [0.1, 0.15) is 49.7 Å². The van der Waals surface area contributed by atoms with E-state index in [9.17, 15) is 14.4 Å². The van der Waals surface area contributed by atoms with E-state index in [2.05, 4.69) is 85.1 Å². The summed E-state index contributed by atoms with van der Waals surface area (Å²) in [6, 6.07) is 31.3. The summed E-state index contributed by atoms with van der Waals surface area (Å²) in [7, 11) is 7.58. The van der Waals surface area contributed by atoms with Crippen molar-refractivity contribution in [2.24, 2.45) is 0 Å². The van der Waals surface area contributed by atoms with Crippen molar-refractivity contribution in [3.05, 3.63) is 190 Å². The second-order valence-electron chi connectivity index (χ2n) is 15.3. The van der Waals surface area contributed by atoms with Crippen molar-refractivity contribution >= 4 is 46.4 Å². The number of aromatic amines is 4. The van der Waals surface area contributed by atoms with Crippen LogP contribution in [-0.2, 0) is 0 Å². The third kappa shape index (κ3) is 24.0. The van der Waals surface area contributed by atoms with Gasteiger partial charge in [-0.05, 0) is 45.7 Å². The predicted molar refractivity (Wildman–Crippen MR) is 313 cm³/mol. The quantitative estimate of drug-likeness (QED) is 0.0771. The van der Waals surface area contributed by atoms with Gasteiger partial charge >= 0.3 is 11.1 Å². The van der Waals surface area contributed by atoms with Gasteiger partial charge in [-0.2, -0.15) is 10.3 Å². The van der Waals surface area contributed by atoms with Gasteiger partial charge in [0.05, 0.1) is 57.7 Å². The Balaban J connectivity index is 0.000000329. The maximum absolute atomic E-state index is 11.2. The van der Waals surface area contributed by atoms with E-state index < -0.39 is 11.0 Å². The smallest absolute Gasteiger partial charge is 0.310 e. The van der Waals surface area contributed by atoms with E-state index >= 15 is 0 Å². The third-order valence-corrected chi connectivity index (χ3v) is 10.6. The van der Waals surface area contributed by atoms with E-state index in [-0.39, 0.29) is 26.8 Å². The van der Waals surface area contributed by atoms with Crippen LogP contribution in [-0.4, -0.2) is 107 Å². The lowest BCUT2D eigenvalue weighted by atomic mass is 10.1. The van der Waals surface area contributed by atoms with Crippen molar-refractivity contribution in [1.29, 1.82) is 0 Å². The lowest BCUT2D eigenvalue weighted by Crippen LogP contribution is -2.26. The molecule has 0 aliphatic carbocycles. The Morgan fingerprint density at radius 3 is 1.40 bits per heavy atom. The number of ether oxygens (including phenoxy) is 5. The fraction of sp³-hybridized carbons (Fsp3) is 0.241. The lowest BCUT2D eigenvalue weighted by Gasteiger charge is -2.07. The maximum atomic E-state index is 11.2. The zero-order valence-electron chi connectivity index (χ0n) is 46.1. The Bertz CT molecular complexity index is 3410. The number of rotatable bonds is 9. The van der Waals surface area contributed by atoms with Crippen LogP contribution in [0.15, 0.2) is 130 Å². The molecule has 0 bridgehead atoms. The molecule has 80 heavy (non-hydrogen) atoms. The van der Waals surface area contributed by atoms with E-state index in [1.807, 2.05) is 120 Å². The number of hydrogen-bond donors (Lipinski definition) is 4. The summed E-state index contributed by atoms with van der Waals surface area (Å²) in [5, 5.41) is 47.2. The first-order valence-electron chi connectivity index (χ1n) is 23.8. The standard InChI is InChI=1S/C13H14N2O2.C12H12N2O2.C11H10N2O2.C6H7ClN2O2.C4HCl3N2.C4H8.C2H4N4.C2H6/c1-9-4-6-10(7-5-9)11-8-12(16-2)13(17-3)15-14-11;1-8-3-5-9(6-4-8)10-7-11(16-2)12(15)14-13-10;1-7-2-4-8(5-3-7)9-6-10(14)11(15)13-12-9;1-10-4-3-5(7)8-9-6(4)11-2;5-2-1-3(6)8-9-4(2)7;1-3-4-2;1-2-3-5-6-4-2;1-2/h4-8H,1-3H3;3-7H,1-2H3,(H,14,15);2-6H,1H3,(H,12,14)(H,13,15);3H,1-2H3;1H;3H,1,4H2,2H3;1H3,(H,3,4,5,6);1-2H3. The molecule has 0 unspecified atom stereocenters. The molecule has 0 atom stereocenters. The summed E-state index contributed by atoms with van der Waals surface area (Å²) in [6.07, 6.45) is 2.96. The molecule has 0 saturated heterocycles. The van der Waals surface area contributed by atoms with Gasteiger partial charge in [-0.25, -0.2) is 5.10 Å². The second kappa shape index (κ2) is 37.3. The number of nitrogens with zero attached hydrogens (tertiary/aromatic N) is 10. The Morgan fingerprint density at radius 2 is 0.975 bits per heavy atom. The van der Waals surface area contributed by atoms with Crippen LogP contribution in [0.3, 0.4) is 0 Å². The van der Waals surface area contributed by atoms with Gasteiger partial charge in [0.1, 0.15) is 0 Å². The van der Waals surface area contributed by atoms with Crippen molar-refractivity contribution in [2.45, 2.75) is 54.9 Å². The zero-order chi connectivity index (χ0) is 59.6. The molecule has 4 N–H and O–H groups in total. The molecule has 424 valence electrons. The highest BCUT2D eigenvalue weighted by Gasteiger charge is 2.10. The molecule has 0 saturated carbocycles. The highest BCUT2D eigenvalue weighted by Crippen LogP contribution is 2.28. The summed E-state index contributed by atoms with van der Waals surface area (Å²) < 4.78 is 24.9. The first-order valence-corrected chi connectivity index (χ1v) is 25.3. The Hall–Kier alpha value is -8.57. The van der Waals surface area contributed by atoms with Crippen molar-refractivity contribution in [3.8, 4) is 62.8 Å². The summed E-state index contributed by atoms with van der Waals surface area (Å²) in [5.74, 6) is 2.73. The number of methoxy groups -OCH3 is 5. The fourth-order valence-corrected chi connectivity index (χ4v) is 5.98. The van der Waals surface area contributed by atoms with Gasteiger partial charge in [0.15, 0.2) is 38.5 Å². The Kier molecular flexibility index (Phi) is 31.5. The van der Waals surface area contributed by atoms with Crippen molar-refractivity contribution < 1.29 is 23.7 Å². The first kappa shape index (κ1) is 67.5. The molecule has 0 radical (unpaired) electrons. The molecule has 6 heterocycles. The number of tetrazole rings is 1. The van der Waals surface area contributed by atoms with E-state index in [0.29, 0.717) is 45.5 Å². The molecule has 0 aliphatic rings. The van der Waals surface area contributed by atoms with Gasteiger partial charge in [0.2, 0.25) is 5.43 Å². The van der Waals surface area contributed by atoms with Crippen LogP contribution in [0.25, 0.3) is 33.8 Å². The lowest BCUT2D eigenvalue weighted by molar-refractivity contribution is 0.338. The number of nitrogens with one attached hydrogen (secondary N) is 4. The van der Waals surface area contributed by atoms with Gasteiger partial charge < -0.3 is 23.7 Å². The number of aromatic nitrogens is 14. The molecule has 0 fully saturated rings. The monoisotopic (exact) mass is 1170 g/mol. The second-order valence-corrected chi connectivity index (χ2v) is 16.8. The number of H-pyrrole nitrogens is 4. The Morgan fingerprint density at radius 1 is 0.512 bits per heavy atom. The highest BCUT2D eigenvalue weighted by molar-refractivity contribution is 6.42. The summed E-state index contributed by atoms with van der Waals surface area (Å²) >= 11 is 21.9. The first-order chi connectivity index (χ1) is 38.4. The normalized spacial score (nSPS) is 9.50. The number of allylic oxidation sites excluding steroid dienone is 1. The number of halogens is 4. The Labute approximate surface area is 482 Å². The van der Waals surface area contributed by atoms with Crippen LogP contribution in [0.5, 0.6) is 29.0 Å². The predicted octanol–water partition coefficient (Wildman–Crippen LogP) is 11.0. The minimum absolute atomic E-state index is 0.168. The minimum Gasteiger partial charge on any atom is -0.491 e. The molecule has 22 nitrogen and oxygen atoms in total. The summed E-state index contributed by atoms with van der Waals surface area (Å²) in [4.78, 5) is 33.2. The molecule has 0 aliphatic heterocycles. The van der Waals surface area contributed by atoms with Crippen molar-refractivity contribution in [2.75, 3.05) is 35.5 Å². The van der Waals surface area contributed by atoms with Gasteiger partial charge in [0, 0.05) is 35.4 Å². The van der Waals surface area contributed by atoms with Crippen LogP contribution in [0.2, 0.25) is 20.5 Å². The van der Waals surface area contributed by atoms with Crippen molar-refractivity contribution in [1.82, 2.24) is 71.6 Å². The molecule has 0 spiro atoms. The molecule has 9 rings (SSSR count). The molecule has 26 heteroatoms. The van der Waals surface area contributed by atoms with E-state index in [1.165, 1.54) is 57.8 Å². The van der Waals surface area contributed by atoms with Gasteiger partial charge in [-0.1, -0.05) is 168 Å². The van der Waals surface area contributed by atoms with Crippen LogP contribution in [0, 0.1) is 27.7 Å². The summed E-state index contributed by atoms with van der Waals surface area (Å²) in [6.45, 7) is 17.4. The zero-order valence-corrected chi connectivity index (χ0v) is 49.1. The molecular formula is C54H62Cl4N14O8. The molecular weight excluding hydrogens is 1110 g/mol. The third-order valence-electron chi connectivity index (χ3n) is 9.52. The number of benzene rings is 3. The molecule has 6 aromatic heterocycles. The average Bonchev–Trinajstić information content (AvgIpc) is 3.99. The van der Waals surface area contributed by atoms with Crippen LogP contribution >= 0.6 is 46.4 Å². The van der Waals surface area contributed by atoms with Crippen LogP contribution in [0.4, 0.5) is 0 Å². The van der Waals surface area contributed by atoms with E-state index in [1.54, 1.807) is 20.1 Å².